The Bertz CT molecular complexity index is 558. The molecule has 1 aliphatic heterocycles. The van der Waals surface area contributed by atoms with E-state index in [9.17, 15) is 9.59 Å². The zero-order valence-electron chi connectivity index (χ0n) is 12.0. The minimum atomic E-state index is -0.546. The summed E-state index contributed by atoms with van der Waals surface area (Å²) in [5.74, 6) is 1.82. The van der Waals surface area contributed by atoms with Crippen LogP contribution >= 0.6 is 0 Å². The summed E-state index contributed by atoms with van der Waals surface area (Å²) in [6.45, 7) is 5.61. The van der Waals surface area contributed by atoms with E-state index in [2.05, 4.69) is 0 Å². The van der Waals surface area contributed by atoms with Gasteiger partial charge in [-0.15, -0.1) is 0 Å². The molecule has 0 bridgehead atoms. The number of ether oxygens (including phenoxy) is 1. The van der Waals surface area contributed by atoms with E-state index >= 15 is 0 Å². The molecular formula is C15H19NO4. The second kappa shape index (κ2) is 4.65. The summed E-state index contributed by atoms with van der Waals surface area (Å²) in [5.41, 5.74) is 0.629. The summed E-state index contributed by atoms with van der Waals surface area (Å²) in [4.78, 5) is 25.2. The van der Waals surface area contributed by atoms with Crippen LogP contribution < -0.4 is 0 Å². The second-order valence-electron chi connectivity index (χ2n) is 5.77. The zero-order valence-corrected chi connectivity index (χ0v) is 12.0. The minimum Gasteiger partial charge on any atom is -0.465 e. The van der Waals surface area contributed by atoms with Gasteiger partial charge in [0.05, 0.1) is 5.56 Å². The normalized spacial score (nSPS) is 23.4. The number of nitrogens with zero attached hydrogens (tertiary/aromatic N) is 1. The minimum absolute atomic E-state index is 0.109. The standard InChI is InChI=1S/C15H19NO4/c1-8-7-16(9(2)19-10(3)17)15(18)12-6-13(11-4-5-11)20-14(8)12/h6,8-9,11H,4-5,7H2,1-3H3. The van der Waals surface area contributed by atoms with Crippen molar-refractivity contribution in [3.8, 4) is 0 Å². The van der Waals surface area contributed by atoms with E-state index in [-0.39, 0.29) is 17.8 Å². The maximum Gasteiger partial charge on any atom is 0.304 e. The SMILES string of the molecule is CC(=O)OC(C)N1CC(C)c2oc(C3CC3)cc2C1=O. The number of esters is 1. The van der Waals surface area contributed by atoms with Crippen LogP contribution in [0.15, 0.2) is 10.5 Å². The van der Waals surface area contributed by atoms with Crippen molar-refractivity contribution >= 4 is 11.9 Å². The molecule has 1 aromatic rings. The smallest absolute Gasteiger partial charge is 0.304 e. The quantitative estimate of drug-likeness (QED) is 0.797. The Labute approximate surface area is 117 Å². The predicted octanol–water partition coefficient (Wildman–Crippen LogP) is 2.63. The first-order valence-corrected chi connectivity index (χ1v) is 7.09. The average molecular weight is 277 g/mol. The van der Waals surface area contributed by atoms with Crippen LogP contribution in [0.5, 0.6) is 0 Å². The Morgan fingerprint density at radius 3 is 2.80 bits per heavy atom. The number of hydrogen-bond donors (Lipinski definition) is 0. The molecule has 3 rings (SSSR count). The van der Waals surface area contributed by atoms with Crippen molar-refractivity contribution in [2.24, 2.45) is 0 Å². The number of furan rings is 1. The van der Waals surface area contributed by atoms with Crippen molar-refractivity contribution in [2.45, 2.75) is 51.7 Å². The van der Waals surface area contributed by atoms with Gasteiger partial charge in [-0.25, -0.2) is 0 Å². The third-order valence-corrected chi connectivity index (χ3v) is 3.94. The largest absolute Gasteiger partial charge is 0.465 e. The van der Waals surface area contributed by atoms with Crippen molar-refractivity contribution in [3.63, 3.8) is 0 Å². The summed E-state index contributed by atoms with van der Waals surface area (Å²) in [5, 5.41) is 0. The molecule has 1 amide bonds. The fourth-order valence-electron chi connectivity index (χ4n) is 2.76. The van der Waals surface area contributed by atoms with Crippen molar-refractivity contribution in [2.75, 3.05) is 6.54 Å². The highest BCUT2D eigenvalue weighted by Crippen LogP contribution is 2.44. The van der Waals surface area contributed by atoms with Gasteiger partial charge in [0, 0.05) is 25.3 Å². The first kappa shape index (κ1) is 13.2. The summed E-state index contributed by atoms with van der Waals surface area (Å²) >= 11 is 0. The molecule has 108 valence electrons. The monoisotopic (exact) mass is 277 g/mol. The summed E-state index contributed by atoms with van der Waals surface area (Å²) in [7, 11) is 0. The maximum atomic E-state index is 12.5. The molecule has 2 atom stereocenters. The van der Waals surface area contributed by atoms with Gasteiger partial charge < -0.3 is 14.1 Å². The molecule has 0 saturated heterocycles. The lowest BCUT2D eigenvalue weighted by Crippen LogP contribution is -2.45. The van der Waals surface area contributed by atoms with Crippen molar-refractivity contribution in [1.82, 2.24) is 4.90 Å². The van der Waals surface area contributed by atoms with Crippen LogP contribution in [0, 0.1) is 0 Å². The van der Waals surface area contributed by atoms with Gasteiger partial charge in [0.2, 0.25) is 0 Å². The van der Waals surface area contributed by atoms with Gasteiger partial charge in [0.1, 0.15) is 11.5 Å². The highest BCUT2D eigenvalue weighted by molar-refractivity contribution is 5.97. The van der Waals surface area contributed by atoms with E-state index in [1.807, 2.05) is 13.0 Å². The van der Waals surface area contributed by atoms with Gasteiger partial charge in [-0.05, 0) is 25.8 Å². The predicted molar refractivity (Wildman–Crippen MR) is 71.4 cm³/mol. The van der Waals surface area contributed by atoms with E-state index in [1.165, 1.54) is 6.92 Å². The van der Waals surface area contributed by atoms with E-state index in [0.717, 1.165) is 24.4 Å². The average Bonchev–Trinajstić information content (AvgIpc) is 3.11. The molecule has 2 aliphatic rings. The molecule has 1 fully saturated rings. The van der Waals surface area contributed by atoms with Gasteiger partial charge in [-0.2, -0.15) is 0 Å². The summed E-state index contributed by atoms with van der Waals surface area (Å²) in [6.07, 6.45) is 1.74. The van der Waals surface area contributed by atoms with Gasteiger partial charge in [0.25, 0.3) is 5.91 Å². The topological polar surface area (TPSA) is 59.8 Å². The van der Waals surface area contributed by atoms with Gasteiger partial charge in [0.15, 0.2) is 6.23 Å². The summed E-state index contributed by atoms with van der Waals surface area (Å²) < 4.78 is 11.0. The highest BCUT2D eigenvalue weighted by Gasteiger charge is 2.38. The number of carbonyl (C=O) groups is 2. The molecule has 2 unspecified atom stereocenters. The molecule has 0 N–H and O–H groups in total. The zero-order chi connectivity index (χ0) is 14.4. The lowest BCUT2D eigenvalue weighted by Gasteiger charge is -2.33. The van der Waals surface area contributed by atoms with Crippen LogP contribution in [0.25, 0.3) is 0 Å². The van der Waals surface area contributed by atoms with E-state index in [0.29, 0.717) is 18.0 Å². The molecule has 2 heterocycles. The molecule has 5 nitrogen and oxygen atoms in total. The van der Waals surface area contributed by atoms with E-state index in [4.69, 9.17) is 9.15 Å². The lowest BCUT2D eigenvalue weighted by atomic mass is 9.98. The number of hydrogen-bond acceptors (Lipinski definition) is 4. The number of carbonyl (C=O) groups excluding carboxylic acids is 2. The maximum absolute atomic E-state index is 12.5. The summed E-state index contributed by atoms with van der Waals surface area (Å²) in [6, 6.07) is 1.87. The third-order valence-electron chi connectivity index (χ3n) is 3.94. The second-order valence-corrected chi connectivity index (χ2v) is 5.77. The first-order chi connectivity index (χ1) is 9.47. The Balaban J connectivity index is 1.87. The Kier molecular flexibility index (Phi) is 3.07. The fourth-order valence-corrected chi connectivity index (χ4v) is 2.76. The van der Waals surface area contributed by atoms with Crippen LogP contribution in [0.2, 0.25) is 0 Å². The molecular weight excluding hydrogens is 258 g/mol. The van der Waals surface area contributed by atoms with Gasteiger partial charge in [-0.3, -0.25) is 9.59 Å². The van der Waals surface area contributed by atoms with Crippen LogP contribution in [-0.2, 0) is 9.53 Å². The van der Waals surface area contributed by atoms with E-state index < -0.39 is 6.23 Å². The molecule has 0 spiro atoms. The highest BCUT2D eigenvalue weighted by atomic mass is 16.6. The molecule has 1 aromatic heterocycles. The third kappa shape index (κ3) is 2.21. The Hall–Kier alpha value is -1.78. The molecule has 0 radical (unpaired) electrons. The fraction of sp³-hybridized carbons (Fsp3) is 0.600. The van der Waals surface area contributed by atoms with Crippen molar-refractivity contribution in [3.05, 3.63) is 23.2 Å². The van der Waals surface area contributed by atoms with E-state index in [1.54, 1.807) is 11.8 Å². The molecule has 5 heteroatoms. The van der Waals surface area contributed by atoms with Crippen molar-refractivity contribution < 1.29 is 18.7 Å². The van der Waals surface area contributed by atoms with Crippen LogP contribution in [0.4, 0.5) is 0 Å². The van der Waals surface area contributed by atoms with Crippen LogP contribution in [0.3, 0.4) is 0 Å². The first-order valence-electron chi connectivity index (χ1n) is 7.09. The number of amides is 1. The van der Waals surface area contributed by atoms with Crippen LogP contribution in [-0.4, -0.2) is 29.5 Å². The molecule has 20 heavy (non-hydrogen) atoms. The number of fused-ring (bicyclic) bond motifs is 1. The molecule has 1 aliphatic carbocycles. The lowest BCUT2D eigenvalue weighted by molar-refractivity contribution is -0.152. The molecule has 0 aromatic carbocycles. The molecule has 1 saturated carbocycles. The van der Waals surface area contributed by atoms with Crippen LogP contribution in [0.1, 0.15) is 67.3 Å². The van der Waals surface area contributed by atoms with Crippen molar-refractivity contribution in [1.29, 1.82) is 0 Å². The van der Waals surface area contributed by atoms with Gasteiger partial charge in [-0.1, -0.05) is 6.92 Å². The Morgan fingerprint density at radius 2 is 2.20 bits per heavy atom. The van der Waals surface area contributed by atoms with Gasteiger partial charge >= 0.3 is 5.97 Å². The number of rotatable bonds is 3. The Morgan fingerprint density at radius 1 is 1.50 bits per heavy atom.